The van der Waals surface area contributed by atoms with E-state index < -0.39 is 26.5 Å². The van der Waals surface area contributed by atoms with Crippen molar-refractivity contribution in [3.05, 3.63) is 70.1 Å². The van der Waals surface area contributed by atoms with Crippen molar-refractivity contribution in [3.8, 4) is 0 Å². The fourth-order valence-electron chi connectivity index (χ4n) is 4.59. The topological polar surface area (TPSA) is 109 Å². The quantitative estimate of drug-likeness (QED) is 0.196. The van der Waals surface area contributed by atoms with Gasteiger partial charge in [0.15, 0.2) is 6.23 Å². The highest BCUT2D eigenvalue weighted by Gasteiger charge is 2.45. The van der Waals surface area contributed by atoms with Crippen LogP contribution in [0.1, 0.15) is 58.1 Å². The third-order valence-electron chi connectivity index (χ3n) is 6.44. The van der Waals surface area contributed by atoms with Gasteiger partial charge in [-0.3, -0.25) is 9.36 Å². The van der Waals surface area contributed by atoms with E-state index in [1.54, 1.807) is 36.5 Å². The highest BCUT2D eigenvalue weighted by Crippen LogP contribution is 2.47. The van der Waals surface area contributed by atoms with Crippen molar-refractivity contribution in [2.75, 3.05) is 31.7 Å². The number of benzene rings is 1. The number of anilines is 1. The molecule has 3 rings (SSSR count). The summed E-state index contributed by atoms with van der Waals surface area (Å²) in [6.07, 6.45) is 0.0512. The zero-order valence-corrected chi connectivity index (χ0v) is 24.9. The zero-order valence-electron chi connectivity index (χ0n) is 24.0. The summed E-state index contributed by atoms with van der Waals surface area (Å²) in [7, 11) is -1.43. The Morgan fingerprint density at radius 3 is 2.50 bits per heavy atom. The van der Waals surface area contributed by atoms with E-state index >= 15 is 0 Å². The maximum absolute atomic E-state index is 13.0. The molecule has 1 amide bonds. The van der Waals surface area contributed by atoms with Gasteiger partial charge in [0.25, 0.3) is 14.4 Å². The molecule has 1 aliphatic rings. The Kier molecular flexibility index (Phi) is 12.2. The van der Waals surface area contributed by atoms with Crippen LogP contribution in [0.3, 0.4) is 0 Å². The van der Waals surface area contributed by atoms with Crippen molar-refractivity contribution in [2.24, 2.45) is 5.92 Å². The molecule has 12 heteroatoms. The highest BCUT2D eigenvalue weighted by molar-refractivity contribution is 7.44. The summed E-state index contributed by atoms with van der Waals surface area (Å²) in [4.78, 5) is 33.0. The fraction of sp³-hybridized carbons (Fsp3) is 0.571. The molecule has 0 bridgehead atoms. The number of nitrogens with one attached hydrogen (secondary N) is 1. The summed E-state index contributed by atoms with van der Waals surface area (Å²) in [6.45, 7) is 20.5. The first kappa shape index (κ1) is 31.8. The van der Waals surface area contributed by atoms with Gasteiger partial charge in [-0.1, -0.05) is 25.1 Å². The number of carbonyl (C=O) groups excluding carboxylic acids is 1. The maximum Gasteiger partial charge on any atom is 0.351 e. The molecular weight excluding hydrogens is 533 g/mol. The van der Waals surface area contributed by atoms with Gasteiger partial charge in [0.05, 0.1) is 12.7 Å². The van der Waals surface area contributed by atoms with Gasteiger partial charge in [-0.2, -0.15) is 4.98 Å². The van der Waals surface area contributed by atoms with Crippen molar-refractivity contribution < 1.29 is 23.3 Å². The Hall–Kier alpha value is -2.71. The van der Waals surface area contributed by atoms with Gasteiger partial charge in [-0.05, 0) is 52.8 Å². The lowest BCUT2D eigenvalue weighted by Gasteiger charge is -2.36. The minimum absolute atomic E-state index is 0.0963. The molecular formula is C28H40N5O6P. The third kappa shape index (κ3) is 8.16. The standard InChI is InChI=1S/C28H40N5O6P/c1-8-36-25-21(6)23(18-38-40(37-17-15-29-7)33(19(2)3)20(4)5)39-27(25)32-16-14-24(31-28(32)35)30-26(34)22-12-10-9-11-13-22/h9-14,16,19-21,23,25,27H,8,15,17-18H2,1-6H3,(H,30,31,34,35)/t21-,23-,25-,27-,40?/m1/s1. The monoisotopic (exact) mass is 573 g/mol. The van der Waals surface area contributed by atoms with Crippen LogP contribution in [-0.2, 0) is 18.5 Å². The Balaban J connectivity index is 1.75. The normalized spacial score (nSPS) is 21.6. The van der Waals surface area contributed by atoms with Crippen LogP contribution in [-0.4, -0.2) is 70.8 Å². The fourth-order valence-corrected chi connectivity index (χ4v) is 6.20. The number of aromatic nitrogens is 2. The predicted molar refractivity (Wildman–Crippen MR) is 154 cm³/mol. The first-order chi connectivity index (χ1) is 19.2. The molecule has 1 aliphatic heterocycles. The molecule has 0 radical (unpaired) electrons. The van der Waals surface area contributed by atoms with Crippen molar-refractivity contribution >= 4 is 20.3 Å². The van der Waals surface area contributed by atoms with Crippen LogP contribution >= 0.6 is 8.53 Å². The van der Waals surface area contributed by atoms with E-state index in [0.717, 1.165) is 0 Å². The van der Waals surface area contributed by atoms with Gasteiger partial charge in [-0.15, -0.1) is 0 Å². The van der Waals surface area contributed by atoms with E-state index in [2.05, 4.69) is 47.5 Å². The van der Waals surface area contributed by atoms with Crippen LogP contribution in [0.4, 0.5) is 5.82 Å². The number of carbonyl (C=O) groups is 1. The summed E-state index contributed by atoms with van der Waals surface area (Å²) < 4.78 is 28.2. The van der Waals surface area contributed by atoms with Gasteiger partial charge in [0.2, 0.25) is 6.54 Å². The lowest BCUT2D eigenvalue weighted by Crippen LogP contribution is -2.35. The van der Waals surface area contributed by atoms with Crippen LogP contribution in [0.2, 0.25) is 0 Å². The lowest BCUT2D eigenvalue weighted by atomic mass is 10.0. The molecule has 218 valence electrons. The van der Waals surface area contributed by atoms with E-state index in [9.17, 15) is 9.59 Å². The summed E-state index contributed by atoms with van der Waals surface area (Å²) in [5.74, 6) is -0.299. The smallest absolute Gasteiger partial charge is 0.351 e. The van der Waals surface area contributed by atoms with Gasteiger partial charge in [0.1, 0.15) is 18.5 Å². The van der Waals surface area contributed by atoms with Gasteiger partial charge in [-0.25, -0.2) is 16.0 Å². The summed E-state index contributed by atoms with van der Waals surface area (Å²) in [5.41, 5.74) is -0.0999. The molecule has 1 unspecified atom stereocenters. The van der Waals surface area contributed by atoms with Crippen LogP contribution in [0.15, 0.2) is 47.4 Å². The zero-order chi connectivity index (χ0) is 29.2. The number of nitrogens with zero attached hydrogens (tertiary/aromatic N) is 4. The van der Waals surface area contributed by atoms with Crippen LogP contribution < -0.4 is 11.0 Å². The number of amides is 1. The van der Waals surface area contributed by atoms with Crippen LogP contribution in [0.25, 0.3) is 4.85 Å². The average molecular weight is 574 g/mol. The van der Waals surface area contributed by atoms with E-state index in [1.165, 1.54) is 4.57 Å². The molecule has 2 heterocycles. The maximum atomic E-state index is 13.0. The molecule has 0 spiro atoms. The Morgan fingerprint density at radius 2 is 1.90 bits per heavy atom. The Labute approximate surface area is 237 Å². The lowest BCUT2D eigenvalue weighted by molar-refractivity contribution is -0.0697. The molecule has 0 aliphatic carbocycles. The minimum Gasteiger partial charge on any atom is -0.373 e. The van der Waals surface area contributed by atoms with E-state index in [4.69, 9.17) is 25.1 Å². The molecule has 1 saturated heterocycles. The number of ether oxygens (including phenoxy) is 2. The average Bonchev–Trinajstić information content (AvgIpc) is 3.22. The van der Waals surface area contributed by atoms with E-state index in [0.29, 0.717) is 12.2 Å². The number of hydrogen-bond acceptors (Lipinski definition) is 8. The summed E-state index contributed by atoms with van der Waals surface area (Å²) in [6, 6.07) is 10.6. The molecule has 1 aromatic carbocycles. The van der Waals surface area contributed by atoms with Crippen molar-refractivity contribution in [1.82, 2.24) is 14.2 Å². The molecule has 0 saturated carbocycles. The highest BCUT2D eigenvalue weighted by atomic mass is 31.2. The third-order valence-corrected chi connectivity index (χ3v) is 8.52. The van der Waals surface area contributed by atoms with E-state index in [-0.39, 0.29) is 55.6 Å². The number of hydrogen-bond donors (Lipinski definition) is 1. The molecule has 1 fully saturated rings. The first-order valence-electron chi connectivity index (χ1n) is 13.6. The van der Waals surface area contributed by atoms with Crippen molar-refractivity contribution in [2.45, 2.75) is 72.1 Å². The van der Waals surface area contributed by atoms with Gasteiger partial charge < -0.3 is 28.7 Å². The predicted octanol–water partition coefficient (Wildman–Crippen LogP) is 4.73. The SMILES string of the molecule is [C-]#[N+]CCOP(OC[C@H]1O[C@@H](n2ccc(NC(=O)c3ccccc3)nc2=O)[C@H](OCC)[C@@H]1C)N(C(C)C)C(C)C. The largest absolute Gasteiger partial charge is 0.373 e. The van der Waals surface area contributed by atoms with Crippen LogP contribution in [0, 0.1) is 12.5 Å². The Morgan fingerprint density at radius 1 is 1.20 bits per heavy atom. The molecule has 1 aromatic heterocycles. The molecule has 1 N–H and O–H groups in total. The summed E-state index contributed by atoms with van der Waals surface area (Å²) >= 11 is 0. The molecule has 5 atom stereocenters. The number of rotatable bonds is 14. The minimum atomic E-state index is -1.43. The van der Waals surface area contributed by atoms with Gasteiger partial charge in [0, 0.05) is 36.4 Å². The summed E-state index contributed by atoms with van der Waals surface area (Å²) in [5, 5.41) is 2.66. The second-order valence-corrected chi connectivity index (χ2v) is 11.4. The van der Waals surface area contributed by atoms with Crippen LogP contribution in [0.5, 0.6) is 0 Å². The second-order valence-electron chi connectivity index (χ2n) is 9.98. The molecule has 11 nitrogen and oxygen atoms in total. The Bertz CT molecular complexity index is 1180. The van der Waals surface area contributed by atoms with Crippen molar-refractivity contribution in [1.29, 1.82) is 0 Å². The molecule has 40 heavy (non-hydrogen) atoms. The van der Waals surface area contributed by atoms with Crippen molar-refractivity contribution in [3.63, 3.8) is 0 Å². The second kappa shape index (κ2) is 15.3. The van der Waals surface area contributed by atoms with Gasteiger partial charge >= 0.3 is 5.69 Å². The molecule has 2 aromatic rings. The van der Waals surface area contributed by atoms with E-state index in [1.807, 2.05) is 19.9 Å². The first-order valence-corrected chi connectivity index (χ1v) is 14.7.